The molecule has 0 unspecified atom stereocenters. The Bertz CT molecular complexity index is 2940. The van der Waals surface area contributed by atoms with Gasteiger partial charge in [-0.05, 0) is 150 Å². The number of nitrogens with zero attached hydrogens (tertiary/aromatic N) is 3. The molecule has 0 bridgehead atoms. The maximum absolute atomic E-state index is 15.5. The quantitative estimate of drug-likeness (QED) is 0.130. The molecule has 0 saturated carbocycles. The van der Waals surface area contributed by atoms with Crippen molar-refractivity contribution in [3.05, 3.63) is 222 Å². The van der Waals surface area contributed by atoms with Crippen molar-refractivity contribution in [2.45, 2.75) is 25.7 Å². The Kier molecular flexibility index (Phi) is 10.6. The molecule has 5 nitrogen and oxygen atoms in total. The van der Waals surface area contributed by atoms with Crippen LogP contribution < -0.4 is 9.47 Å². The smallest absolute Gasteiger partial charge is 0.180 e. The molecule has 3 aromatic heterocycles. The van der Waals surface area contributed by atoms with Gasteiger partial charge in [-0.15, -0.1) is 0 Å². The molecule has 1 aliphatic heterocycles. The highest BCUT2D eigenvalue weighted by atomic mass is 19.1. The van der Waals surface area contributed by atoms with Crippen LogP contribution >= 0.6 is 0 Å². The van der Waals surface area contributed by atoms with Gasteiger partial charge in [-0.3, -0.25) is 15.0 Å². The predicted molar refractivity (Wildman–Crippen MR) is 241 cm³/mol. The molecule has 0 N–H and O–H groups in total. The Morgan fingerprint density at radius 1 is 0.339 bits per heavy atom. The number of halogens is 2. The van der Waals surface area contributed by atoms with Gasteiger partial charge in [-0.25, -0.2) is 8.78 Å². The highest BCUT2D eigenvalue weighted by molar-refractivity contribution is 5.91. The number of pyridine rings is 3. The largest absolute Gasteiger partial charge is 0.449 e. The van der Waals surface area contributed by atoms with Gasteiger partial charge in [0, 0.05) is 40.8 Å². The number of rotatable bonds is 11. The third kappa shape index (κ3) is 7.96. The van der Waals surface area contributed by atoms with Gasteiger partial charge in [-0.2, -0.15) is 0 Å². The van der Waals surface area contributed by atoms with E-state index in [4.69, 9.17) is 9.47 Å². The molecule has 4 heterocycles. The second kappa shape index (κ2) is 17.1. The molecule has 6 aromatic carbocycles. The Hall–Kier alpha value is -7.77. The first-order chi connectivity index (χ1) is 30.5. The lowest BCUT2D eigenvalue weighted by Gasteiger charge is -2.25. The van der Waals surface area contributed by atoms with Crippen molar-refractivity contribution in [2.24, 2.45) is 0 Å². The van der Waals surface area contributed by atoms with Gasteiger partial charge < -0.3 is 9.47 Å². The van der Waals surface area contributed by atoms with Crippen LogP contribution in [0.15, 0.2) is 188 Å². The maximum Gasteiger partial charge on any atom is 0.180 e. The normalized spacial score (nSPS) is 11.6. The van der Waals surface area contributed by atoms with E-state index < -0.39 is 0 Å². The zero-order valence-electron chi connectivity index (χ0n) is 33.6. The third-order valence-electron chi connectivity index (χ3n) is 11.3. The van der Waals surface area contributed by atoms with Crippen LogP contribution in [0.2, 0.25) is 0 Å². The topological polar surface area (TPSA) is 57.1 Å². The molecule has 10 rings (SSSR count). The number of ether oxygens (including phenoxy) is 2. The third-order valence-corrected chi connectivity index (χ3v) is 11.3. The van der Waals surface area contributed by atoms with E-state index >= 15 is 8.78 Å². The molecule has 0 spiro atoms. The molecule has 7 heteroatoms. The molecule has 0 aliphatic carbocycles. The predicted octanol–water partition coefficient (Wildman–Crippen LogP) is 14.0. The molecule has 62 heavy (non-hydrogen) atoms. The summed E-state index contributed by atoms with van der Waals surface area (Å²) in [5, 5.41) is 0. The number of hydrogen-bond acceptors (Lipinski definition) is 5. The van der Waals surface area contributed by atoms with E-state index in [-0.39, 0.29) is 11.6 Å². The summed E-state index contributed by atoms with van der Waals surface area (Å²) in [7, 11) is 0. The van der Waals surface area contributed by atoms with Gasteiger partial charge in [0.25, 0.3) is 0 Å². The van der Waals surface area contributed by atoms with Crippen molar-refractivity contribution in [1.82, 2.24) is 15.0 Å². The zero-order chi connectivity index (χ0) is 41.8. The lowest BCUT2D eigenvalue weighted by molar-refractivity contribution is 0.362. The fourth-order valence-electron chi connectivity index (χ4n) is 8.18. The number of aryl methyl sites for hydroxylation is 4. The lowest BCUT2D eigenvalue weighted by Crippen LogP contribution is -2.03. The summed E-state index contributed by atoms with van der Waals surface area (Å²) in [5.74, 6) is 1.90. The Labute approximate surface area is 359 Å². The van der Waals surface area contributed by atoms with Crippen molar-refractivity contribution in [3.63, 3.8) is 0 Å². The number of aromatic nitrogens is 3. The van der Waals surface area contributed by atoms with Crippen LogP contribution in [0.25, 0.3) is 56.0 Å². The van der Waals surface area contributed by atoms with Gasteiger partial charge in [0.2, 0.25) is 0 Å². The van der Waals surface area contributed by atoms with Gasteiger partial charge >= 0.3 is 0 Å². The molecule has 0 atom stereocenters. The van der Waals surface area contributed by atoms with E-state index in [0.717, 1.165) is 55.8 Å². The summed E-state index contributed by atoms with van der Waals surface area (Å²) in [6, 6.07) is 54.4. The molecule has 0 radical (unpaired) electrons. The first-order valence-corrected chi connectivity index (χ1v) is 20.7. The number of hydrogen-bond donors (Lipinski definition) is 0. The summed E-state index contributed by atoms with van der Waals surface area (Å²) in [6.45, 7) is 0. The summed E-state index contributed by atoms with van der Waals surface area (Å²) >= 11 is 0. The standard InChI is InChI=1S/C55H39F2N3O2/c56-47-34-36(22-24-44(47)49-13-5-8-28-58-49)18-20-38-31-39(21-19-37-23-25-45(48(57)35-37)50-14-6-9-29-59-50)33-40(32-38)41-11-1-2-12-42(41)43-26-27-46(51-15-7-10-30-60-51)55-54(43)61-52-16-3-4-17-53(52)62-55/h1-17,22-35H,18-21H2. The molecule has 0 fully saturated rings. The second-order valence-electron chi connectivity index (χ2n) is 15.3. The molecule has 9 aromatic rings. The first-order valence-electron chi connectivity index (χ1n) is 20.7. The Morgan fingerprint density at radius 3 is 1.26 bits per heavy atom. The van der Waals surface area contributed by atoms with Crippen LogP contribution in [0.1, 0.15) is 22.3 Å². The molecule has 300 valence electrons. The van der Waals surface area contributed by atoms with E-state index in [1.165, 1.54) is 0 Å². The average Bonchev–Trinajstić information content (AvgIpc) is 3.32. The monoisotopic (exact) mass is 811 g/mol. The lowest BCUT2D eigenvalue weighted by atomic mass is 9.89. The van der Waals surface area contributed by atoms with Crippen molar-refractivity contribution in [2.75, 3.05) is 0 Å². The highest BCUT2D eigenvalue weighted by Crippen LogP contribution is 2.54. The summed E-state index contributed by atoms with van der Waals surface area (Å²) in [5.41, 5.74) is 11.7. The van der Waals surface area contributed by atoms with Crippen molar-refractivity contribution in [1.29, 1.82) is 0 Å². The van der Waals surface area contributed by atoms with E-state index in [1.807, 2.05) is 121 Å². The van der Waals surface area contributed by atoms with Crippen molar-refractivity contribution < 1.29 is 18.3 Å². The molecule has 0 amide bonds. The average molecular weight is 812 g/mol. The van der Waals surface area contributed by atoms with Crippen LogP contribution in [0.3, 0.4) is 0 Å². The van der Waals surface area contributed by atoms with Gasteiger partial charge in [0.05, 0.1) is 17.1 Å². The van der Waals surface area contributed by atoms with Crippen LogP contribution in [0.4, 0.5) is 8.78 Å². The number of fused-ring (bicyclic) bond motifs is 2. The van der Waals surface area contributed by atoms with Crippen LogP contribution in [0, 0.1) is 11.6 Å². The summed E-state index contributed by atoms with van der Waals surface area (Å²) in [4.78, 5) is 13.3. The van der Waals surface area contributed by atoms with Crippen LogP contribution in [-0.2, 0) is 25.7 Å². The minimum atomic E-state index is -0.294. The SMILES string of the molecule is Fc1cc(CCc2cc(CCc3ccc(-c4ccccn4)c(F)c3)cc(-c3ccccc3-c3ccc(-c4ccccn4)c4c3Oc3ccccc3O4)c2)ccc1-c1ccccn1. The van der Waals surface area contributed by atoms with Crippen LogP contribution in [0.5, 0.6) is 23.0 Å². The minimum Gasteiger partial charge on any atom is -0.449 e. The van der Waals surface area contributed by atoms with Crippen molar-refractivity contribution >= 4 is 0 Å². The van der Waals surface area contributed by atoms with E-state index in [0.29, 0.717) is 71.2 Å². The molecule has 0 saturated heterocycles. The first kappa shape index (κ1) is 38.4. The van der Waals surface area contributed by atoms with Crippen molar-refractivity contribution in [3.8, 4) is 79.0 Å². The van der Waals surface area contributed by atoms with Gasteiger partial charge in [0.15, 0.2) is 23.0 Å². The van der Waals surface area contributed by atoms with Gasteiger partial charge in [0.1, 0.15) is 11.6 Å². The Balaban J connectivity index is 1.02. The van der Waals surface area contributed by atoms with E-state index in [9.17, 15) is 0 Å². The fourth-order valence-corrected chi connectivity index (χ4v) is 8.18. The number of para-hydroxylation sites is 2. The molecule has 1 aliphatic rings. The van der Waals surface area contributed by atoms with Gasteiger partial charge in [-0.1, -0.05) is 84.9 Å². The van der Waals surface area contributed by atoms with E-state index in [2.05, 4.69) is 51.4 Å². The van der Waals surface area contributed by atoms with E-state index in [1.54, 1.807) is 30.7 Å². The fraction of sp³-hybridized carbons (Fsp3) is 0.0727. The molecular weight excluding hydrogens is 773 g/mol. The summed E-state index contributed by atoms with van der Waals surface area (Å²) in [6.07, 6.45) is 7.75. The maximum atomic E-state index is 15.5. The minimum absolute atomic E-state index is 0.294. The Morgan fingerprint density at radius 2 is 0.758 bits per heavy atom. The number of benzene rings is 6. The second-order valence-corrected chi connectivity index (χ2v) is 15.3. The van der Waals surface area contributed by atoms with Crippen LogP contribution in [-0.4, -0.2) is 15.0 Å². The highest BCUT2D eigenvalue weighted by Gasteiger charge is 2.27. The summed E-state index contributed by atoms with van der Waals surface area (Å²) < 4.78 is 44.2. The molecular formula is C55H39F2N3O2. The zero-order valence-corrected chi connectivity index (χ0v) is 33.6.